The SMILES string of the molecule is CCOCCCC(CC)(OC)C(C)OC(C)=O. The monoisotopic (exact) mass is 246 g/mol. The highest BCUT2D eigenvalue weighted by Gasteiger charge is 2.36. The second-order valence-electron chi connectivity index (χ2n) is 4.17. The molecule has 0 N–H and O–H groups in total. The van der Waals surface area contributed by atoms with E-state index in [1.807, 2.05) is 20.8 Å². The smallest absolute Gasteiger partial charge is 0.302 e. The summed E-state index contributed by atoms with van der Waals surface area (Å²) in [6.45, 7) is 8.77. The van der Waals surface area contributed by atoms with Gasteiger partial charge in [0.05, 0.1) is 0 Å². The Labute approximate surface area is 105 Å². The van der Waals surface area contributed by atoms with Crippen LogP contribution in [0.15, 0.2) is 0 Å². The van der Waals surface area contributed by atoms with Crippen molar-refractivity contribution in [2.24, 2.45) is 0 Å². The summed E-state index contributed by atoms with van der Waals surface area (Å²) >= 11 is 0. The molecule has 0 aliphatic carbocycles. The molecule has 0 radical (unpaired) electrons. The number of methoxy groups -OCH3 is 1. The molecular formula is C13H26O4. The van der Waals surface area contributed by atoms with Gasteiger partial charge in [0.2, 0.25) is 0 Å². The Morgan fingerprint density at radius 3 is 2.41 bits per heavy atom. The van der Waals surface area contributed by atoms with Crippen molar-refractivity contribution in [1.29, 1.82) is 0 Å². The lowest BCUT2D eigenvalue weighted by Gasteiger charge is -2.36. The number of ether oxygens (including phenoxy) is 3. The van der Waals surface area contributed by atoms with Crippen LogP contribution in [0.25, 0.3) is 0 Å². The predicted molar refractivity (Wildman–Crippen MR) is 67.0 cm³/mol. The van der Waals surface area contributed by atoms with Gasteiger partial charge in [-0.05, 0) is 33.1 Å². The first-order valence-corrected chi connectivity index (χ1v) is 6.32. The summed E-state index contributed by atoms with van der Waals surface area (Å²) in [5, 5.41) is 0. The van der Waals surface area contributed by atoms with Crippen molar-refractivity contribution in [3.63, 3.8) is 0 Å². The van der Waals surface area contributed by atoms with Crippen LogP contribution in [0.4, 0.5) is 0 Å². The molecule has 0 saturated heterocycles. The Bertz CT molecular complexity index is 211. The largest absolute Gasteiger partial charge is 0.460 e. The summed E-state index contributed by atoms with van der Waals surface area (Å²) in [5.74, 6) is -0.266. The van der Waals surface area contributed by atoms with Gasteiger partial charge in [-0.2, -0.15) is 0 Å². The number of esters is 1. The molecule has 2 unspecified atom stereocenters. The first-order chi connectivity index (χ1) is 8.02. The molecule has 0 fully saturated rings. The zero-order valence-corrected chi connectivity index (χ0v) is 11.7. The summed E-state index contributed by atoms with van der Waals surface area (Å²) in [6, 6.07) is 0. The van der Waals surface area contributed by atoms with E-state index in [9.17, 15) is 4.79 Å². The summed E-state index contributed by atoms with van der Waals surface area (Å²) in [4.78, 5) is 11.0. The summed E-state index contributed by atoms with van der Waals surface area (Å²) in [7, 11) is 1.67. The predicted octanol–water partition coefficient (Wildman–Crippen LogP) is 2.55. The molecule has 4 heteroatoms. The molecule has 0 heterocycles. The molecule has 102 valence electrons. The number of hydrogen-bond acceptors (Lipinski definition) is 4. The van der Waals surface area contributed by atoms with Gasteiger partial charge in [-0.15, -0.1) is 0 Å². The molecular weight excluding hydrogens is 220 g/mol. The average Bonchev–Trinajstić information content (AvgIpc) is 2.29. The van der Waals surface area contributed by atoms with Crippen molar-refractivity contribution in [3.8, 4) is 0 Å². The Hall–Kier alpha value is -0.610. The molecule has 0 aliphatic heterocycles. The van der Waals surface area contributed by atoms with Crippen LogP contribution in [0.5, 0.6) is 0 Å². The van der Waals surface area contributed by atoms with Gasteiger partial charge >= 0.3 is 5.97 Å². The van der Waals surface area contributed by atoms with E-state index in [0.29, 0.717) is 6.61 Å². The normalized spacial score (nSPS) is 16.3. The molecule has 0 bridgehead atoms. The molecule has 0 aromatic carbocycles. The molecule has 0 rings (SSSR count). The van der Waals surface area contributed by atoms with Crippen molar-refractivity contribution < 1.29 is 19.0 Å². The van der Waals surface area contributed by atoms with Crippen molar-refractivity contribution in [2.75, 3.05) is 20.3 Å². The summed E-state index contributed by atoms with van der Waals surface area (Å²) in [5.41, 5.74) is -0.400. The van der Waals surface area contributed by atoms with Gasteiger partial charge in [0.15, 0.2) is 0 Å². The highest BCUT2D eigenvalue weighted by Crippen LogP contribution is 2.28. The minimum absolute atomic E-state index is 0.239. The van der Waals surface area contributed by atoms with Crippen LogP contribution in [0.1, 0.15) is 47.0 Å². The zero-order valence-electron chi connectivity index (χ0n) is 11.7. The van der Waals surface area contributed by atoms with Gasteiger partial charge < -0.3 is 14.2 Å². The Kier molecular flexibility index (Phi) is 8.17. The molecule has 0 aliphatic rings. The second kappa shape index (κ2) is 8.48. The third-order valence-electron chi connectivity index (χ3n) is 3.18. The van der Waals surface area contributed by atoms with Crippen LogP contribution in [-0.4, -0.2) is 38.0 Å². The quantitative estimate of drug-likeness (QED) is 0.463. The van der Waals surface area contributed by atoms with Gasteiger partial charge in [0, 0.05) is 27.2 Å². The van der Waals surface area contributed by atoms with Crippen LogP contribution >= 0.6 is 0 Å². The van der Waals surface area contributed by atoms with Crippen LogP contribution in [0.3, 0.4) is 0 Å². The third-order valence-corrected chi connectivity index (χ3v) is 3.18. The summed E-state index contributed by atoms with van der Waals surface area (Å²) in [6.07, 6.45) is 2.30. The molecule has 2 atom stereocenters. The van der Waals surface area contributed by atoms with Crippen LogP contribution < -0.4 is 0 Å². The first kappa shape index (κ1) is 16.4. The van der Waals surface area contributed by atoms with Crippen LogP contribution in [-0.2, 0) is 19.0 Å². The molecule has 4 nitrogen and oxygen atoms in total. The molecule has 0 saturated carbocycles. The fraction of sp³-hybridized carbons (Fsp3) is 0.923. The maximum absolute atomic E-state index is 11.0. The lowest BCUT2D eigenvalue weighted by atomic mass is 9.89. The van der Waals surface area contributed by atoms with Crippen molar-refractivity contribution in [1.82, 2.24) is 0 Å². The standard InChI is InChI=1S/C13H26O4/c1-6-13(15-5,9-8-10-16-7-2)11(3)17-12(4)14/h11H,6-10H2,1-5H3. The van der Waals surface area contributed by atoms with Gasteiger partial charge in [-0.3, -0.25) is 4.79 Å². The van der Waals surface area contributed by atoms with E-state index in [4.69, 9.17) is 14.2 Å². The molecule has 0 aromatic rings. The van der Waals surface area contributed by atoms with Gasteiger partial charge in [0.25, 0.3) is 0 Å². The molecule has 0 aromatic heterocycles. The third kappa shape index (κ3) is 5.50. The van der Waals surface area contributed by atoms with E-state index < -0.39 is 5.60 Å². The summed E-state index contributed by atoms with van der Waals surface area (Å²) < 4.78 is 16.2. The van der Waals surface area contributed by atoms with E-state index >= 15 is 0 Å². The Morgan fingerprint density at radius 2 is 2.00 bits per heavy atom. The fourth-order valence-corrected chi connectivity index (χ4v) is 2.05. The van der Waals surface area contributed by atoms with Gasteiger partial charge in [-0.1, -0.05) is 6.92 Å². The highest BCUT2D eigenvalue weighted by atomic mass is 16.6. The minimum Gasteiger partial charge on any atom is -0.460 e. The minimum atomic E-state index is -0.400. The van der Waals surface area contributed by atoms with E-state index in [-0.39, 0.29) is 12.1 Å². The number of carbonyl (C=O) groups excluding carboxylic acids is 1. The fourth-order valence-electron chi connectivity index (χ4n) is 2.05. The van der Waals surface area contributed by atoms with Gasteiger partial charge in [-0.25, -0.2) is 0 Å². The number of carbonyl (C=O) groups is 1. The second-order valence-corrected chi connectivity index (χ2v) is 4.17. The van der Waals surface area contributed by atoms with E-state index in [1.165, 1.54) is 6.92 Å². The Balaban J connectivity index is 4.37. The number of hydrogen-bond donors (Lipinski definition) is 0. The maximum atomic E-state index is 11.0. The molecule has 17 heavy (non-hydrogen) atoms. The zero-order chi connectivity index (χ0) is 13.3. The van der Waals surface area contributed by atoms with Gasteiger partial charge in [0.1, 0.15) is 11.7 Å². The van der Waals surface area contributed by atoms with Crippen molar-refractivity contribution in [2.45, 2.75) is 58.7 Å². The van der Waals surface area contributed by atoms with E-state index in [2.05, 4.69) is 0 Å². The van der Waals surface area contributed by atoms with E-state index in [0.717, 1.165) is 25.9 Å². The lowest BCUT2D eigenvalue weighted by molar-refractivity contribution is -0.167. The van der Waals surface area contributed by atoms with E-state index in [1.54, 1.807) is 7.11 Å². The first-order valence-electron chi connectivity index (χ1n) is 6.32. The average molecular weight is 246 g/mol. The maximum Gasteiger partial charge on any atom is 0.302 e. The molecule has 0 amide bonds. The van der Waals surface area contributed by atoms with Crippen LogP contribution in [0, 0.1) is 0 Å². The highest BCUT2D eigenvalue weighted by molar-refractivity contribution is 5.66. The lowest BCUT2D eigenvalue weighted by Crippen LogP contribution is -2.44. The van der Waals surface area contributed by atoms with Crippen LogP contribution in [0.2, 0.25) is 0 Å². The molecule has 0 spiro atoms. The Morgan fingerprint density at radius 1 is 1.35 bits per heavy atom. The van der Waals surface area contributed by atoms with Crippen molar-refractivity contribution >= 4 is 5.97 Å². The van der Waals surface area contributed by atoms with Crippen molar-refractivity contribution in [3.05, 3.63) is 0 Å². The number of rotatable bonds is 9. The topological polar surface area (TPSA) is 44.8 Å².